The van der Waals surface area contributed by atoms with Crippen molar-refractivity contribution in [2.45, 2.75) is 26.6 Å². The average Bonchev–Trinajstić information content (AvgIpc) is 2.82. The summed E-state index contributed by atoms with van der Waals surface area (Å²) in [5.74, 6) is 0.505. The van der Waals surface area contributed by atoms with Crippen LogP contribution in [0.4, 0.5) is 18.9 Å². The lowest BCUT2D eigenvalue weighted by Crippen LogP contribution is -2.14. The van der Waals surface area contributed by atoms with Crippen molar-refractivity contribution in [2.75, 3.05) is 12.4 Å². The van der Waals surface area contributed by atoms with Crippen LogP contribution in [0.2, 0.25) is 0 Å². The predicted molar refractivity (Wildman–Crippen MR) is 127 cm³/mol. The van der Waals surface area contributed by atoms with Crippen LogP contribution in [-0.2, 0) is 17.6 Å². The summed E-state index contributed by atoms with van der Waals surface area (Å²) in [6.45, 7) is 4.08. The topological polar surface area (TPSA) is 71.3 Å². The summed E-state index contributed by atoms with van der Waals surface area (Å²) >= 11 is 0. The van der Waals surface area contributed by atoms with Gasteiger partial charge in [0.15, 0.2) is 0 Å². The highest BCUT2D eigenvalue weighted by Crippen LogP contribution is 2.31. The number of nitrogens with one attached hydrogen (secondary N) is 1. The van der Waals surface area contributed by atoms with Gasteiger partial charge in [0, 0.05) is 11.3 Å². The van der Waals surface area contributed by atoms with Gasteiger partial charge in [0.25, 0.3) is 5.91 Å². The number of nitrogens with zero attached hydrogens (tertiary/aromatic N) is 1. The second-order valence-electron chi connectivity index (χ2n) is 7.78. The van der Waals surface area contributed by atoms with E-state index >= 15 is 0 Å². The van der Waals surface area contributed by atoms with E-state index in [4.69, 9.17) is 9.47 Å². The summed E-state index contributed by atoms with van der Waals surface area (Å²) in [6, 6.07) is 16.9. The fraction of sp³-hybridized carbons (Fsp3) is 0.185. The molecule has 0 spiro atoms. The first-order valence-corrected chi connectivity index (χ1v) is 10.6. The number of rotatable bonds is 7. The number of ether oxygens (including phenoxy) is 2. The minimum atomic E-state index is -4.55. The van der Waals surface area contributed by atoms with Crippen LogP contribution in [0.15, 0.2) is 66.2 Å². The van der Waals surface area contributed by atoms with Crippen molar-refractivity contribution < 1.29 is 27.4 Å². The van der Waals surface area contributed by atoms with Gasteiger partial charge in [-0.25, -0.2) is 0 Å². The van der Waals surface area contributed by atoms with Crippen molar-refractivity contribution in [3.63, 3.8) is 0 Å². The van der Waals surface area contributed by atoms with Gasteiger partial charge < -0.3 is 14.8 Å². The predicted octanol–water partition coefficient (Wildman–Crippen LogP) is 6.46. The van der Waals surface area contributed by atoms with Crippen LogP contribution in [0.1, 0.15) is 27.8 Å². The molecule has 0 heterocycles. The molecule has 0 atom stereocenters. The standard InChI is InChI=1S/C27H23F3N2O3/c1-17-6-4-7-18(2)25(17)35-16-21-13-19(10-11-24(21)34-3)12-20(15-31)26(33)32-23-9-5-8-22(14-23)27(28,29)30/h4-14H,16H2,1-3H3,(H,32,33). The first-order chi connectivity index (χ1) is 16.6. The molecule has 0 bridgehead atoms. The summed E-state index contributed by atoms with van der Waals surface area (Å²) < 4.78 is 50.2. The Balaban J connectivity index is 1.83. The van der Waals surface area contributed by atoms with Crippen LogP contribution in [0.5, 0.6) is 11.5 Å². The molecule has 5 nitrogen and oxygen atoms in total. The Morgan fingerprint density at radius 3 is 2.37 bits per heavy atom. The SMILES string of the molecule is COc1ccc(C=C(C#N)C(=O)Nc2cccc(C(F)(F)F)c2)cc1COc1c(C)cccc1C. The number of carbonyl (C=O) groups excluding carboxylic acids is 1. The third-order valence-corrected chi connectivity index (χ3v) is 5.21. The molecule has 3 aromatic carbocycles. The maximum absolute atomic E-state index is 12.9. The highest BCUT2D eigenvalue weighted by Gasteiger charge is 2.30. The smallest absolute Gasteiger partial charge is 0.416 e. The number of carbonyl (C=O) groups is 1. The molecule has 0 unspecified atom stereocenters. The Hall–Kier alpha value is -4.25. The maximum atomic E-state index is 12.9. The fourth-order valence-corrected chi connectivity index (χ4v) is 3.46. The second kappa shape index (κ2) is 10.8. The van der Waals surface area contributed by atoms with E-state index in [9.17, 15) is 23.2 Å². The molecule has 35 heavy (non-hydrogen) atoms. The van der Waals surface area contributed by atoms with Crippen molar-refractivity contribution in [2.24, 2.45) is 0 Å². The van der Waals surface area contributed by atoms with Gasteiger partial charge in [-0.3, -0.25) is 4.79 Å². The first-order valence-electron chi connectivity index (χ1n) is 10.6. The molecule has 0 aromatic heterocycles. The first kappa shape index (κ1) is 25.4. The van der Waals surface area contributed by atoms with E-state index in [1.165, 1.54) is 25.3 Å². The zero-order chi connectivity index (χ0) is 25.6. The Morgan fingerprint density at radius 1 is 1.06 bits per heavy atom. The molecule has 1 amide bonds. The van der Waals surface area contributed by atoms with Gasteiger partial charge in [-0.1, -0.05) is 30.3 Å². The van der Waals surface area contributed by atoms with Gasteiger partial charge in [-0.2, -0.15) is 18.4 Å². The number of alkyl halides is 3. The number of nitriles is 1. The summed E-state index contributed by atoms with van der Waals surface area (Å²) in [5.41, 5.74) is 1.95. The average molecular weight is 480 g/mol. The lowest BCUT2D eigenvalue weighted by molar-refractivity contribution is -0.137. The van der Waals surface area contributed by atoms with E-state index in [-0.39, 0.29) is 17.9 Å². The Kier molecular flexibility index (Phi) is 7.82. The number of halogens is 3. The van der Waals surface area contributed by atoms with Crippen molar-refractivity contribution in [3.8, 4) is 17.6 Å². The zero-order valence-electron chi connectivity index (χ0n) is 19.4. The molecule has 0 aliphatic rings. The highest BCUT2D eigenvalue weighted by molar-refractivity contribution is 6.09. The summed E-state index contributed by atoms with van der Waals surface area (Å²) in [6.07, 6.45) is -3.20. The third kappa shape index (κ3) is 6.42. The van der Waals surface area contributed by atoms with E-state index in [0.29, 0.717) is 16.9 Å². The molecule has 0 radical (unpaired) electrons. The molecule has 3 aromatic rings. The quantitative estimate of drug-likeness (QED) is 0.311. The number of methoxy groups -OCH3 is 1. The molecule has 0 saturated heterocycles. The minimum Gasteiger partial charge on any atom is -0.496 e. The lowest BCUT2D eigenvalue weighted by atomic mass is 10.1. The molecule has 3 rings (SSSR count). The van der Waals surface area contributed by atoms with Gasteiger partial charge in [0.2, 0.25) is 0 Å². The van der Waals surface area contributed by atoms with Crippen LogP contribution < -0.4 is 14.8 Å². The van der Waals surface area contributed by atoms with Crippen LogP contribution in [0.3, 0.4) is 0 Å². The summed E-state index contributed by atoms with van der Waals surface area (Å²) in [5, 5.41) is 11.8. The van der Waals surface area contributed by atoms with Crippen molar-refractivity contribution in [1.82, 2.24) is 0 Å². The van der Waals surface area contributed by atoms with Crippen LogP contribution in [0, 0.1) is 25.2 Å². The molecule has 8 heteroatoms. The third-order valence-electron chi connectivity index (χ3n) is 5.21. The molecule has 0 saturated carbocycles. The van der Waals surface area contributed by atoms with Crippen LogP contribution in [-0.4, -0.2) is 13.0 Å². The Labute approximate surface area is 201 Å². The van der Waals surface area contributed by atoms with E-state index in [2.05, 4.69) is 5.32 Å². The number of para-hydroxylation sites is 1. The molecule has 1 N–H and O–H groups in total. The van der Waals surface area contributed by atoms with Gasteiger partial charge in [0.05, 0.1) is 12.7 Å². The second-order valence-corrected chi connectivity index (χ2v) is 7.78. The van der Waals surface area contributed by atoms with E-state index in [1.54, 1.807) is 24.3 Å². The van der Waals surface area contributed by atoms with Gasteiger partial charge in [-0.05, 0) is 66.9 Å². The number of aryl methyl sites for hydroxylation is 2. The molecule has 0 aliphatic heterocycles. The number of anilines is 1. The fourth-order valence-electron chi connectivity index (χ4n) is 3.46. The Bertz CT molecular complexity index is 1290. The maximum Gasteiger partial charge on any atom is 0.416 e. The molecule has 0 fully saturated rings. The van der Waals surface area contributed by atoms with Gasteiger partial charge in [0.1, 0.15) is 29.7 Å². The molecular formula is C27H23F3N2O3. The lowest BCUT2D eigenvalue weighted by Gasteiger charge is -2.14. The number of hydrogen-bond acceptors (Lipinski definition) is 4. The van der Waals surface area contributed by atoms with E-state index in [0.717, 1.165) is 29.0 Å². The highest BCUT2D eigenvalue weighted by atomic mass is 19.4. The number of hydrogen-bond donors (Lipinski definition) is 1. The molecule has 0 aliphatic carbocycles. The largest absolute Gasteiger partial charge is 0.496 e. The van der Waals surface area contributed by atoms with Gasteiger partial charge >= 0.3 is 6.18 Å². The van der Waals surface area contributed by atoms with Crippen molar-refractivity contribution in [3.05, 3.63) is 94.1 Å². The zero-order valence-corrected chi connectivity index (χ0v) is 19.4. The van der Waals surface area contributed by atoms with Crippen molar-refractivity contribution >= 4 is 17.7 Å². The molecular weight excluding hydrogens is 457 g/mol. The molecule has 180 valence electrons. The van der Waals surface area contributed by atoms with Crippen LogP contribution >= 0.6 is 0 Å². The van der Waals surface area contributed by atoms with E-state index in [1.807, 2.05) is 32.0 Å². The Morgan fingerprint density at radius 2 is 1.74 bits per heavy atom. The number of benzene rings is 3. The minimum absolute atomic E-state index is 0.0663. The number of amides is 1. The normalized spacial score (nSPS) is 11.5. The summed E-state index contributed by atoms with van der Waals surface area (Å²) in [7, 11) is 1.52. The van der Waals surface area contributed by atoms with Crippen molar-refractivity contribution in [1.29, 1.82) is 5.26 Å². The van der Waals surface area contributed by atoms with Gasteiger partial charge in [-0.15, -0.1) is 0 Å². The van der Waals surface area contributed by atoms with Crippen LogP contribution in [0.25, 0.3) is 6.08 Å². The van der Waals surface area contributed by atoms with E-state index < -0.39 is 17.6 Å². The monoisotopic (exact) mass is 480 g/mol. The summed E-state index contributed by atoms with van der Waals surface area (Å²) in [4.78, 5) is 12.6.